The van der Waals surface area contributed by atoms with Gasteiger partial charge in [0.25, 0.3) is 47.3 Å². The molecule has 0 aliphatic rings. The van der Waals surface area contributed by atoms with Crippen LogP contribution in [0.25, 0.3) is 0 Å². The Hall–Kier alpha value is -11.4. The Morgan fingerprint density at radius 1 is 0.371 bits per heavy atom. The summed E-state index contributed by atoms with van der Waals surface area (Å²) < 4.78 is 11.9. The van der Waals surface area contributed by atoms with Crippen molar-refractivity contribution in [3.05, 3.63) is 126 Å². The highest BCUT2D eigenvalue weighted by Gasteiger charge is 2.24. The minimum absolute atomic E-state index is 0.0167. The molecule has 0 saturated heterocycles. The van der Waals surface area contributed by atoms with Crippen molar-refractivity contribution in [1.29, 1.82) is 0 Å². The van der Waals surface area contributed by atoms with Gasteiger partial charge >= 0.3 is 0 Å². The molecule has 8 heterocycles. The van der Waals surface area contributed by atoms with Crippen LogP contribution in [-0.4, -0.2) is 156 Å². The molecule has 10 amide bonds. The fraction of sp³-hybridized carbons (Fsp3) is 0.321. The van der Waals surface area contributed by atoms with E-state index in [-0.39, 0.29) is 113 Å². The Morgan fingerprint density at radius 2 is 0.742 bits per heavy atom. The van der Waals surface area contributed by atoms with E-state index in [4.69, 9.17) is 0 Å². The molecule has 8 aromatic heterocycles. The van der Waals surface area contributed by atoms with E-state index in [0.717, 1.165) is 13.0 Å². The van der Waals surface area contributed by atoms with E-state index < -0.39 is 53.2 Å². The van der Waals surface area contributed by atoms with Crippen LogP contribution < -0.4 is 58.1 Å². The van der Waals surface area contributed by atoms with Gasteiger partial charge in [-0.3, -0.25) is 47.9 Å². The monoisotopic (exact) mass is 1220 g/mol. The molecule has 0 fully saturated rings. The van der Waals surface area contributed by atoms with Gasteiger partial charge in [-0.15, -0.1) is 0 Å². The first-order valence-corrected chi connectivity index (χ1v) is 27.8. The molecule has 0 aromatic carbocycles. The van der Waals surface area contributed by atoms with Gasteiger partial charge < -0.3 is 94.6 Å². The quantitative estimate of drug-likeness (QED) is 0.0327. The van der Waals surface area contributed by atoms with E-state index in [9.17, 15) is 47.9 Å². The molecule has 0 aliphatic heterocycles. The number of nitrogens with one attached hydrogen (secondary N) is 11. The number of amides is 10. The van der Waals surface area contributed by atoms with Gasteiger partial charge in [0.15, 0.2) is 23.3 Å². The third-order valence-corrected chi connectivity index (χ3v) is 13.7. The van der Waals surface area contributed by atoms with Crippen molar-refractivity contribution in [3.63, 3.8) is 0 Å². The van der Waals surface area contributed by atoms with Crippen LogP contribution in [0.3, 0.4) is 0 Å². The zero-order valence-electron chi connectivity index (χ0n) is 50.6. The molecule has 89 heavy (non-hydrogen) atoms. The molecule has 0 saturated carbocycles. The standard InChI is InChI=1S/C56H69N23O10/c1-71(2)19-12-16-57-43(80)14-17-60-50(83)37-22-33(26-74(37)5)63-56(89)48-68-42(31-79(48)10)70-52(85)39-24-35(28-76(39)7)64-54(87)46-66-40(29-77(46)8)65-44(81)13-11-15-59-49(82)36-21-32(25-73(36)4)62-55(88)47-67-41(30-78(47)9)69-51(84)38-23-34(27-75(38)6)61-53(86)45-58-18-20-72(45)3/h18,20-31H,11-17,19H2,1-10H3,(H,57,80)(H,59,82)(H,60,83)(H,61,86)(H,62,88)(H,63,89)(H,64,87)(H,65,81)(H,69,84)(H,70,85)/p+1. The lowest BCUT2D eigenvalue weighted by molar-refractivity contribution is -0.858. The first-order chi connectivity index (χ1) is 42.3. The van der Waals surface area contributed by atoms with Crippen LogP contribution >= 0.6 is 0 Å². The number of rotatable bonds is 26. The maximum atomic E-state index is 13.5. The first-order valence-electron chi connectivity index (χ1n) is 27.8. The van der Waals surface area contributed by atoms with E-state index in [2.05, 4.69) is 73.1 Å². The number of hydrogen-bond donors (Lipinski definition) is 11. The molecule has 0 aliphatic carbocycles. The third kappa shape index (κ3) is 16.1. The molecule has 33 nitrogen and oxygen atoms in total. The zero-order valence-corrected chi connectivity index (χ0v) is 50.6. The van der Waals surface area contributed by atoms with Crippen LogP contribution in [0.5, 0.6) is 0 Å². The van der Waals surface area contributed by atoms with E-state index in [1.54, 1.807) is 79.5 Å². The molecule has 0 spiro atoms. The van der Waals surface area contributed by atoms with Gasteiger partial charge in [0.2, 0.25) is 29.3 Å². The summed E-state index contributed by atoms with van der Waals surface area (Å²) >= 11 is 0. The van der Waals surface area contributed by atoms with E-state index in [0.29, 0.717) is 17.9 Å². The average Bonchev–Trinajstić information content (AvgIpc) is 3.18. The molecule has 0 bridgehead atoms. The highest BCUT2D eigenvalue weighted by Crippen LogP contribution is 2.21. The number of hydrogen-bond acceptors (Lipinski definition) is 14. The van der Waals surface area contributed by atoms with Gasteiger partial charge in [-0.2, -0.15) is 0 Å². The summed E-state index contributed by atoms with van der Waals surface area (Å²) in [6, 6.07) is 5.87. The molecular weight excluding hydrogens is 1150 g/mol. The Labute approximate surface area is 508 Å². The molecule has 0 unspecified atom stereocenters. The number of anilines is 7. The van der Waals surface area contributed by atoms with Crippen LogP contribution in [0.2, 0.25) is 0 Å². The summed E-state index contributed by atoms with van der Waals surface area (Å²) in [5.41, 5.74) is 2.01. The smallest absolute Gasteiger partial charge is 0.291 e. The van der Waals surface area contributed by atoms with Gasteiger partial charge in [0, 0.05) is 151 Å². The minimum Gasteiger partial charge on any atom is -0.356 e. The van der Waals surface area contributed by atoms with E-state index in [1.165, 1.54) is 98.3 Å². The average molecular weight is 1230 g/mol. The fourth-order valence-corrected chi connectivity index (χ4v) is 9.23. The van der Waals surface area contributed by atoms with Crippen molar-refractivity contribution in [2.24, 2.45) is 56.4 Å². The Kier molecular flexibility index (Phi) is 19.9. The summed E-state index contributed by atoms with van der Waals surface area (Å²) in [6.07, 6.45) is 14.8. The van der Waals surface area contributed by atoms with E-state index >= 15 is 0 Å². The molecule has 8 aromatic rings. The second kappa shape index (κ2) is 27.8. The summed E-state index contributed by atoms with van der Waals surface area (Å²) in [5, 5.41) is 27.1. The second-order valence-corrected chi connectivity index (χ2v) is 21.2. The van der Waals surface area contributed by atoms with Crippen molar-refractivity contribution in [2.45, 2.75) is 25.7 Å². The van der Waals surface area contributed by atoms with Crippen LogP contribution in [0.15, 0.2) is 80.0 Å². The number of imidazole rings is 4. The van der Waals surface area contributed by atoms with E-state index in [1.807, 2.05) is 14.1 Å². The molecule has 11 N–H and O–H groups in total. The third-order valence-electron chi connectivity index (χ3n) is 13.7. The van der Waals surface area contributed by atoms with Crippen molar-refractivity contribution in [1.82, 2.24) is 72.4 Å². The van der Waals surface area contributed by atoms with Crippen molar-refractivity contribution < 1.29 is 52.8 Å². The van der Waals surface area contributed by atoms with Gasteiger partial charge in [-0.25, -0.2) is 19.9 Å². The predicted octanol–water partition coefficient (Wildman–Crippen LogP) is 0.408. The van der Waals surface area contributed by atoms with Gasteiger partial charge in [-0.05, 0) is 30.7 Å². The summed E-state index contributed by atoms with van der Waals surface area (Å²) in [4.78, 5) is 149. The molecule has 468 valence electrons. The largest absolute Gasteiger partial charge is 0.356 e. The highest BCUT2D eigenvalue weighted by atomic mass is 16.2. The van der Waals surface area contributed by atoms with Crippen LogP contribution in [0, 0.1) is 0 Å². The van der Waals surface area contributed by atoms with Crippen molar-refractivity contribution >= 4 is 99.3 Å². The van der Waals surface area contributed by atoms with Crippen molar-refractivity contribution in [2.75, 3.05) is 77.5 Å². The molecule has 8 rings (SSSR count). The minimum atomic E-state index is -0.645. The number of nitrogens with zero attached hydrogens (tertiary/aromatic N) is 12. The number of carbonyl (C=O) groups is 10. The Morgan fingerprint density at radius 3 is 1.13 bits per heavy atom. The van der Waals surface area contributed by atoms with Crippen LogP contribution in [0.4, 0.5) is 40.2 Å². The number of aryl methyl sites for hydroxylation is 8. The Balaban J connectivity index is 0.747. The summed E-state index contributed by atoms with van der Waals surface area (Å²) in [6.45, 7) is 1.72. The molecule has 0 atom stereocenters. The van der Waals surface area contributed by atoms with Gasteiger partial charge in [0.1, 0.15) is 22.8 Å². The number of aromatic nitrogens is 12. The maximum absolute atomic E-state index is 13.5. The summed E-state index contributed by atoms with van der Waals surface area (Å²) in [5.74, 6) is -4.72. The molecule has 0 radical (unpaired) electrons. The number of carbonyl (C=O) groups excluding carboxylic acids is 10. The first kappa shape index (κ1) is 63.6. The SMILES string of the molecule is Cn1cc(NC(=O)c2nc(NC(=O)c3cc(NC(=O)c4nccn4C)cn3C)cn2C)cc1C(=O)NCCCC(=O)Nc1cn(C)c(C(=O)Nc2cc(C(=O)Nc3cn(C)c(C(=O)Nc4cc(C(=O)NCCC(=O)NCCC[NH+](C)C)n(C)c4)n3)n(C)c2)n1. The second-order valence-electron chi connectivity index (χ2n) is 21.2. The molecule has 33 heteroatoms. The lowest BCUT2D eigenvalue weighted by Gasteiger charge is -2.09. The Bertz CT molecular complexity index is 4020. The number of quaternary nitrogens is 1. The van der Waals surface area contributed by atoms with Gasteiger partial charge in [-0.1, -0.05) is 0 Å². The van der Waals surface area contributed by atoms with Crippen molar-refractivity contribution in [3.8, 4) is 0 Å². The summed E-state index contributed by atoms with van der Waals surface area (Å²) in [7, 11) is 16.9. The predicted molar refractivity (Wildman–Crippen MR) is 325 cm³/mol. The lowest BCUT2D eigenvalue weighted by atomic mass is 10.3. The normalized spacial score (nSPS) is 11.0. The maximum Gasteiger partial charge on any atom is 0.291 e. The van der Waals surface area contributed by atoms with Crippen LogP contribution in [0.1, 0.15) is 110 Å². The van der Waals surface area contributed by atoms with Crippen LogP contribution in [-0.2, 0) is 66.0 Å². The van der Waals surface area contributed by atoms with Gasteiger partial charge in [0.05, 0.1) is 43.4 Å². The lowest BCUT2D eigenvalue weighted by Crippen LogP contribution is -3.05. The zero-order chi connectivity index (χ0) is 64.4. The topological polar surface area (TPSA) is 386 Å². The molecular formula is C56H70N23O10+. The fourth-order valence-electron chi connectivity index (χ4n) is 9.23. The highest BCUT2D eigenvalue weighted by molar-refractivity contribution is 6.09.